The molecule has 0 N–H and O–H groups in total. The van der Waals surface area contributed by atoms with E-state index in [2.05, 4.69) is 15.9 Å². The standard InChI is InChI=1S/C15H11BrClFO2/c1-20-13-7-4-10(8-12(13)16)15(19)14(17)9-2-5-11(18)6-3-9/h2-8,14H,1H3. The summed E-state index contributed by atoms with van der Waals surface area (Å²) in [5.41, 5.74) is 1.02. The van der Waals surface area contributed by atoms with E-state index in [1.807, 2.05) is 0 Å². The number of alkyl halides is 1. The molecular formula is C15H11BrClFO2. The Bertz CT molecular complexity index is 628. The number of ether oxygens (including phenoxy) is 1. The summed E-state index contributed by atoms with van der Waals surface area (Å²) in [6.07, 6.45) is 0. The molecule has 0 saturated heterocycles. The Morgan fingerprint density at radius 2 is 1.90 bits per heavy atom. The fourth-order valence-electron chi connectivity index (χ4n) is 1.75. The van der Waals surface area contributed by atoms with Gasteiger partial charge in [0.15, 0.2) is 5.78 Å². The van der Waals surface area contributed by atoms with E-state index in [0.717, 1.165) is 0 Å². The number of Topliss-reactive ketones (excluding diaryl/α,β-unsaturated/α-hetero) is 1. The summed E-state index contributed by atoms with van der Waals surface area (Å²) in [7, 11) is 1.55. The van der Waals surface area contributed by atoms with Gasteiger partial charge in [0.25, 0.3) is 0 Å². The van der Waals surface area contributed by atoms with Gasteiger partial charge in [-0.25, -0.2) is 4.39 Å². The molecule has 5 heteroatoms. The topological polar surface area (TPSA) is 26.3 Å². The molecule has 2 rings (SSSR count). The van der Waals surface area contributed by atoms with E-state index < -0.39 is 5.38 Å². The third-order valence-corrected chi connectivity index (χ3v) is 3.90. The maximum atomic E-state index is 12.9. The van der Waals surface area contributed by atoms with Crippen LogP contribution in [0.15, 0.2) is 46.9 Å². The number of hydrogen-bond donors (Lipinski definition) is 0. The van der Waals surface area contributed by atoms with Crippen molar-refractivity contribution in [3.8, 4) is 5.75 Å². The van der Waals surface area contributed by atoms with Crippen molar-refractivity contribution in [2.24, 2.45) is 0 Å². The molecule has 2 nitrogen and oxygen atoms in total. The van der Waals surface area contributed by atoms with E-state index in [1.54, 1.807) is 25.3 Å². The molecule has 1 atom stereocenters. The molecule has 0 saturated carbocycles. The summed E-state index contributed by atoms with van der Waals surface area (Å²) < 4.78 is 18.6. The van der Waals surface area contributed by atoms with Crippen molar-refractivity contribution < 1.29 is 13.9 Å². The van der Waals surface area contributed by atoms with Crippen LogP contribution in [0.1, 0.15) is 21.3 Å². The first-order valence-corrected chi connectivity index (χ1v) is 7.03. The van der Waals surface area contributed by atoms with Crippen LogP contribution in [0.5, 0.6) is 5.75 Å². The van der Waals surface area contributed by atoms with Crippen molar-refractivity contribution in [1.29, 1.82) is 0 Å². The van der Waals surface area contributed by atoms with E-state index in [1.165, 1.54) is 24.3 Å². The fraction of sp³-hybridized carbons (Fsp3) is 0.133. The van der Waals surface area contributed by atoms with Crippen LogP contribution in [0.25, 0.3) is 0 Å². The highest BCUT2D eigenvalue weighted by Crippen LogP contribution is 2.30. The molecule has 2 aromatic rings. The van der Waals surface area contributed by atoms with Gasteiger partial charge in [0.2, 0.25) is 0 Å². The number of rotatable bonds is 4. The normalized spacial score (nSPS) is 12.0. The van der Waals surface area contributed by atoms with Crippen LogP contribution in [-0.4, -0.2) is 12.9 Å². The zero-order valence-corrected chi connectivity index (χ0v) is 12.9. The molecule has 0 radical (unpaired) electrons. The van der Waals surface area contributed by atoms with Gasteiger partial charge in [-0.15, -0.1) is 11.6 Å². The van der Waals surface area contributed by atoms with Crippen molar-refractivity contribution in [3.05, 3.63) is 63.9 Å². The van der Waals surface area contributed by atoms with Crippen LogP contribution in [0, 0.1) is 5.82 Å². The average molecular weight is 358 g/mol. The zero-order valence-electron chi connectivity index (χ0n) is 10.6. The van der Waals surface area contributed by atoms with Crippen molar-refractivity contribution >= 4 is 33.3 Å². The highest BCUT2D eigenvalue weighted by atomic mass is 79.9. The molecule has 2 aromatic carbocycles. The average Bonchev–Trinajstić information content (AvgIpc) is 2.46. The van der Waals surface area contributed by atoms with E-state index in [-0.39, 0.29) is 11.6 Å². The van der Waals surface area contributed by atoms with Crippen molar-refractivity contribution in [2.75, 3.05) is 7.11 Å². The zero-order chi connectivity index (χ0) is 14.7. The van der Waals surface area contributed by atoms with Gasteiger partial charge in [-0.3, -0.25) is 4.79 Å². The van der Waals surface area contributed by atoms with E-state index >= 15 is 0 Å². The summed E-state index contributed by atoms with van der Waals surface area (Å²) in [6, 6.07) is 10.5. The first-order valence-electron chi connectivity index (χ1n) is 5.80. The van der Waals surface area contributed by atoms with Gasteiger partial charge in [0.1, 0.15) is 16.9 Å². The molecule has 0 amide bonds. The number of carbonyl (C=O) groups is 1. The van der Waals surface area contributed by atoms with Gasteiger partial charge in [0.05, 0.1) is 11.6 Å². The van der Waals surface area contributed by atoms with E-state index in [4.69, 9.17) is 16.3 Å². The molecule has 0 heterocycles. The number of ketones is 1. The molecule has 20 heavy (non-hydrogen) atoms. The first-order chi connectivity index (χ1) is 9.52. The van der Waals surface area contributed by atoms with Crippen LogP contribution in [0.2, 0.25) is 0 Å². The van der Waals surface area contributed by atoms with Crippen LogP contribution in [-0.2, 0) is 0 Å². The molecule has 0 bridgehead atoms. The van der Waals surface area contributed by atoms with Crippen molar-refractivity contribution in [2.45, 2.75) is 5.38 Å². The van der Waals surface area contributed by atoms with Gasteiger partial charge in [-0.1, -0.05) is 12.1 Å². The predicted octanol–water partition coefficient (Wildman–Crippen LogP) is 4.76. The third-order valence-electron chi connectivity index (χ3n) is 2.83. The van der Waals surface area contributed by atoms with Crippen LogP contribution < -0.4 is 4.74 Å². The maximum Gasteiger partial charge on any atom is 0.185 e. The molecule has 1 unspecified atom stereocenters. The van der Waals surface area contributed by atoms with Gasteiger partial charge >= 0.3 is 0 Å². The Morgan fingerprint density at radius 3 is 2.45 bits per heavy atom. The van der Waals surface area contributed by atoms with Crippen LogP contribution in [0.4, 0.5) is 4.39 Å². The monoisotopic (exact) mass is 356 g/mol. The minimum atomic E-state index is -0.851. The second-order valence-electron chi connectivity index (χ2n) is 4.13. The first kappa shape index (κ1) is 15.0. The molecule has 0 fully saturated rings. The van der Waals surface area contributed by atoms with Gasteiger partial charge in [-0.05, 0) is 51.8 Å². The fourth-order valence-corrected chi connectivity index (χ4v) is 2.56. The van der Waals surface area contributed by atoms with Gasteiger partial charge in [0, 0.05) is 5.56 Å². The Labute approximate surface area is 129 Å². The smallest absolute Gasteiger partial charge is 0.185 e. The molecule has 0 aromatic heterocycles. The van der Waals surface area contributed by atoms with Gasteiger partial charge < -0.3 is 4.74 Å². The lowest BCUT2D eigenvalue weighted by atomic mass is 10.0. The molecule has 0 aliphatic heterocycles. The van der Waals surface area contributed by atoms with Crippen molar-refractivity contribution in [3.63, 3.8) is 0 Å². The number of hydrogen-bond acceptors (Lipinski definition) is 2. The summed E-state index contributed by atoms with van der Waals surface area (Å²) in [5.74, 6) is 0.0216. The Morgan fingerprint density at radius 1 is 1.25 bits per heavy atom. The molecule has 0 spiro atoms. The van der Waals surface area contributed by atoms with Crippen LogP contribution in [0.3, 0.4) is 0 Å². The SMILES string of the molecule is COc1ccc(C(=O)C(Cl)c2ccc(F)cc2)cc1Br. The Kier molecular flexibility index (Phi) is 4.78. The quantitative estimate of drug-likeness (QED) is 0.582. The lowest BCUT2D eigenvalue weighted by Crippen LogP contribution is -2.07. The highest BCUT2D eigenvalue weighted by molar-refractivity contribution is 9.10. The maximum absolute atomic E-state index is 12.9. The number of benzene rings is 2. The minimum absolute atomic E-state index is 0.248. The largest absolute Gasteiger partial charge is 0.496 e. The molecule has 104 valence electrons. The Balaban J connectivity index is 2.26. The van der Waals surface area contributed by atoms with Gasteiger partial charge in [-0.2, -0.15) is 0 Å². The summed E-state index contributed by atoms with van der Waals surface area (Å²) >= 11 is 9.47. The lowest BCUT2D eigenvalue weighted by Gasteiger charge is -2.10. The second-order valence-corrected chi connectivity index (χ2v) is 5.42. The summed E-state index contributed by atoms with van der Waals surface area (Å²) in [6.45, 7) is 0. The lowest BCUT2D eigenvalue weighted by molar-refractivity contribution is 0.0987. The van der Waals surface area contributed by atoms with E-state index in [9.17, 15) is 9.18 Å². The second kappa shape index (κ2) is 6.37. The van der Waals surface area contributed by atoms with Crippen molar-refractivity contribution in [1.82, 2.24) is 0 Å². The number of methoxy groups -OCH3 is 1. The summed E-state index contributed by atoms with van der Waals surface area (Å²) in [5, 5.41) is -0.851. The number of carbonyl (C=O) groups excluding carboxylic acids is 1. The molecule has 0 aliphatic rings. The van der Waals surface area contributed by atoms with E-state index in [0.29, 0.717) is 21.3 Å². The Hall–Kier alpha value is -1.39. The van der Waals surface area contributed by atoms with Crippen LogP contribution >= 0.6 is 27.5 Å². The predicted molar refractivity (Wildman–Crippen MR) is 80.0 cm³/mol. The molecule has 0 aliphatic carbocycles. The highest BCUT2D eigenvalue weighted by Gasteiger charge is 2.20. The number of halogens is 3. The summed E-state index contributed by atoms with van der Waals surface area (Å²) in [4.78, 5) is 12.3. The third kappa shape index (κ3) is 3.19. The molecular weight excluding hydrogens is 347 g/mol. The minimum Gasteiger partial charge on any atom is -0.496 e.